The summed E-state index contributed by atoms with van der Waals surface area (Å²) in [5, 5.41) is 12.9. The van der Waals surface area contributed by atoms with Gasteiger partial charge in [-0.25, -0.2) is 0 Å². The van der Waals surface area contributed by atoms with Crippen LogP contribution in [0.15, 0.2) is 42.5 Å². The Labute approximate surface area is 100.0 Å². The van der Waals surface area contributed by atoms with E-state index in [9.17, 15) is 14.7 Å². The maximum atomic E-state index is 11.4. The number of carboxylic acid groups (broad SMARTS) is 1. The number of benzene rings is 1. The van der Waals surface area contributed by atoms with Crippen molar-refractivity contribution in [2.45, 2.75) is 19.4 Å². The van der Waals surface area contributed by atoms with Gasteiger partial charge >= 0.3 is 0 Å². The molecule has 0 bridgehead atoms. The molecule has 0 heterocycles. The Hall–Kier alpha value is -2.10. The fraction of sp³-hybridized carbons (Fsp3) is 0.231. The standard InChI is InChI=1S/C13H15NO3/c1-2-11(10-6-4-3-5-7-10)14-12(15)8-9-13(16)17/h3-9,11H,2H2,1H3,(H,14,15)(H,16,17)/p-1/b9-8+/t11-/m0/s1. The van der Waals surface area contributed by atoms with Gasteiger partial charge in [-0.15, -0.1) is 0 Å². The van der Waals surface area contributed by atoms with E-state index in [1.54, 1.807) is 0 Å². The predicted molar refractivity (Wildman–Crippen MR) is 61.8 cm³/mol. The van der Waals surface area contributed by atoms with Gasteiger partial charge in [0.15, 0.2) is 0 Å². The quantitative estimate of drug-likeness (QED) is 0.754. The highest BCUT2D eigenvalue weighted by Crippen LogP contribution is 2.15. The van der Waals surface area contributed by atoms with Gasteiger partial charge in [-0.05, 0) is 18.1 Å². The number of amides is 1. The van der Waals surface area contributed by atoms with Crippen molar-refractivity contribution in [1.29, 1.82) is 0 Å². The molecule has 4 nitrogen and oxygen atoms in total. The Morgan fingerprint density at radius 2 is 1.94 bits per heavy atom. The van der Waals surface area contributed by atoms with E-state index in [-0.39, 0.29) is 6.04 Å². The van der Waals surface area contributed by atoms with Crippen LogP contribution < -0.4 is 10.4 Å². The van der Waals surface area contributed by atoms with E-state index in [1.165, 1.54) is 0 Å². The van der Waals surface area contributed by atoms with Gasteiger partial charge in [0, 0.05) is 6.08 Å². The van der Waals surface area contributed by atoms with Crippen LogP contribution in [0.2, 0.25) is 0 Å². The number of carboxylic acids is 1. The number of hydrogen-bond acceptors (Lipinski definition) is 3. The van der Waals surface area contributed by atoms with Gasteiger partial charge in [-0.3, -0.25) is 4.79 Å². The average Bonchev–Trinajstić information content (AvgIpc) is 2.34. The molecule has 0 aliphatic rings. The smallest absolute Gasteiger partial charge is 0.244 e. The molecule has 0 aliphatic carbocycles. The Balaban J connectivity index is 2.65. The van der Waals surface area contributed by atoms with Gasteiger partial charge in [-0.1, -0.05) is 37.3 Å². The summed E-state index contributed by atoms with van der Waals surface area (Å²) in [6.07, 6.45) is 2.41. The van der Waals surface area contributed by atoms with Crippen molar-refractivity contribution in [1.82, 2.24) is 5.32 Å². The van der Waals surface area contributed by atoms with Crippen molar-refractivity contribution in [3.63, 3.8) is 0 Å². The summed E-state index contributed by atoms with van der Waals surface area (Å²) in [7, 11) is 0. The molecule has 90 valence electrons. The molecule has 1 N–H and O–H groups in total. The van der Waals surface area contributed by atoms with Crippen LogP contribution in [0.4, 0.5) is 0 Å². The number of nitrogens with one attached hydrogen (secondary N) is 1. The largest absolute Gasteiger partial charge is 0.545 e. The number of carbonyl (C=O) groups is 2. The maximum absolute atomic E-state index is 11.4. The van der Waals surface area contributed by atoms with Crippen molar-refractivity contribution >= 4 is 11.9 Å². The molecule has 0 fully saturated rings. The van der Waals surface area contributed by atoms with E-state index >= 15 is 0 Å². The van der Waals surface area contributed by atoms with E-state index in [0.717, 1.165) is 18.1 Å². The van der Waals surface area contributed by atoms with Crippen molar-refractivity contribution in [3.05, 3.63) is 48.0 Å². The topological polar surface area (TPSA) is 69.2 Å². The second kappa shape index (κ2) is 6.48. The summed E-state index contributed by atoms with van der Waals surface area (Å²) in [6.45, 7) is 1.94. The maximum Gasteiger partial charge on any atom is 0.244 e. The highest BCUT2D eigenvalue weighted by Gasteiger charge is 2.09. The molecule has 4 heteroatoms. The lowest BCUT2D eigenvalue weighted by atomic mass is 10.0. The molecular formula is C13H14NO3-. The molecule has 1 rings (SSSR count). The Kier molecular flexibility index (Phi) is 4.94. The van der Waals surface area contributed by atoms with Crippen LogP contribution in [0.5, 0.6) is 0 Å². The van der Waals surface area contributed by atoms with Crippen LogP contribution in [-0.4, -0.2) is 11.9 Å². The Bertz CT molecular complexity index is 412. The number of aliphatic carboxylic acids is 1. The van der Waals surface area contributed by atoms with Crippen LogP contribution in [0, 0.1) is 0 Å². The van der Waals surface area contributed by atoms with E-state index in [0.29, 0.717) is 6.08 Å². The lowest BCUT2D eigenvalue weighted by Gasteiger charge is -2.16. The van der Waals surface area contributed by atoms with Crippen LogP contribution >= 0.6 is 0 Å². The molecule has 0 unspecified atom stereocenters. The fourth-order valence-corrected chi connectivity index (χ4v) is 1.47. The third-order valence-corrected chi connectivity index (χ3v) is 2.30. The summed E-state index contributed by atoms with van der Waals surface area (Å²) >= 11 is 0. The first-order chi connectivity index (χ1) is 8.13. The van der Waals surface area contributed by atoms with Gasteiger partial charge < -0.3 is 15.2 Å². The normalized spacial score (nSPS) is 12.3. The summed E-state index contributed by atoms with van der Waals surface area (Å²) in [4.78, 5) is 21.6. The molecule has 1 aromatic rings. The summed E-state index contributed by atoms with van der Waals surface area (Å²) in [6, 6.07) is 9.39. The average molecular weight is 232 g/mol. The highest BCUT2D eigenvalue weighted by molar-refractivity contribution is 5.93. The summed E-state index contributed by atoms with van der Waals surface area (Å²) in [5.41, 5.74) is 0.991. The first kappa shape index (κ1) is 13.0. The monoisotopic (exact) mass is 232 g/mol. The van der Waals surface area contributed by atoms with Crippen LogP contribution in [0.3, 0.4) is 0 Å². The third-order valence-electron chi connectivity index (χ3n) is 2.30. The third kappa shape index (κ3) is 4.51. The summed E-state index contributed by atoms with van der Waals surface area (Å²) in [5.74, 6) is -1.82. The minimum Gasteiger partial charge on any atom is -0.545 e. The van der Waals surface area contributed by atoms with Crippen molar-refractivity contribution in [2.75, 3.05) is 0 Å². The molecule has 1 aromatic carbocycles. The molecule has 0 saturated heterocycles. The van der Waals surface area contributed by atoms with E-state index in [4.69, 9.17) is 0 Å². The highest BCUT2D eigenvalue weighted by atomic mass is 16.4. The zero-order chi connectivity index (χ0) is 12.7. The number of carbonyl (C=O) groups excluding carboxylic acids is 2. The first-order valence-corrected chi connectivity index (χ1v) is 5.38. The van der Waals surface area contributed by atoms with Crippen molar-refractivity contribution < 1.29 is 14.7 Å². The minimum absolute atomic E-state index is 0.116. The molecule has 1 atom stereocenters. The van der Waals surface area contributed by atoms with Gasteiger partial charge in [0.2, 0.25) is 5.91 Å². The van der Waals surface area contributed by atoms with Crippen molar-refractivity contribution in [3.8, 4) is 0 Å². The molecule has 0 saturated carbocycles. The van der Waals surface area contributed by atoms with Gasteiger partial charge in [0.1, 0.15) is 0 Å². The second-order valence-corrected chi connectivity index (χ2v) is 3.53. The fourth-order valence-electron chi connectivity index (χ4n) is 1.47. The molecule has 17 heavy (non-hydrogen) atoms. The lowest BCUT2D eigenvalue weighted by molar-refractivity contribution is -0.297. The zero-order valence-electron chi connectivity index (χ0n) is 9.55. The second-order valence-electron chi connectivity index (χ2n) is 3.53. The van der Waals surface area contributed by atoms with Crippen molar-refractivity contribution in [2.24, 2.45) is 0 Å². The molecule has 0 spiro atoms. The van der Waals surface area contributed by atoms with Gasteiger partial charge in [0.25, 0.3) is 0 Å². The Morgan fingerprint density at radius 1 is 1.29 bits per heavy atom. The number of hydrogen-bond donors (Lipinski definition) is 1. The predicted octanol–water partition coefficient (Wildman–Crippen LogP) is 0.560. The van der Waals surface area contributed by atoms with Crippen LogP contribution in [-0.2, 0) is 9.59 Å². The van der Waals surface area contributed by atoms with E-state index in [2.05, 4.69) is 5.32 Å². The van der Waals surface area contributed by atoms with Crippen LogP contribution in [0.1, 0.15) is 24.9 Å². The van der Waals surface area contributed by atoms with Gasteiger partial charge in [-0.2, -0.15) is 0 Å². The van der Waals surface area contributed by atoms with E-state index < -0.39 is 11.9 Å². The summed E-state index contributed by atoms with van der Waals surface area (Å²) < 4.78 is 0. The molecular weight excluding hydrogens is 218 g/mol. The number of rotatable bonds is 5. The minimum atomic E-state index is -1.38. The molecule has 1 amide bonds. The Morgan fingerprint density at radius 3 is 2.47 bits per heavy atom. The van der Waals surface area contributed by atoms with Gasteiger partial charge in [0.05, 0.1) is 12.0 Å². The lowest BCUT2D eigenvalue weighted by Crippen LogP contribution is -2.27. The SMILES string of the molecule is CC[C@H](NC(=O)/C=C/C(=O)[O-])c1ccccc1. The van der Waals surface area contributed by atoms with Crippen LogP contribution in [0.25, 0.3) is 0 Å². The zero-order valence-corrected chi connectivity index (χ0v) is 9.55. The molecule has 0 aliphatic heterocycles. The first-order valence-electron chi connectivity index (χ1n) is 5.38. The van der Waals surface area contributed by atoms with E-state index in [1.807, 2.05) is 37.3 Å². The molecule has 0 aromatic heterocycles. The molecule has 0 radical (unpaired) electrons.